The van der Waals surface area contributed by atoms with Crippen LogP contribution < -0.4 is 0 Å². The van der Waals surface area contributed by atoms with E-state index in [2.05, 4.69) is 4.98 Å². The first-order valence-corrected chi connectivity index (χ1v) is 6.56. The van der Waals surface area contributed by atoms with E-state index in [1.807, 2.05) is 24.3 Å². The molecule has 0 N–H and O–H groups in total. The molecule has 0 fully saturated rings. The van der Waals surface area contributed by atoms with E-state index in [9.17, 15) is 4.79 Å². The van der Waals surface area contributed by atoms with Crippen LogP contribution in [0.2, 0.25) is 5.02 Å². The summed E-state index contributed by atoms with van der Waals surface area (Å²) >= 11 is 7.23. The van der Waals surface area contributed by atoms with Gasteiger partial charge in [0, 0.05) is 24.6 Å². The second kappa shape index (κ2) is 5.61. The second-order valence-electron chi connectivity index (χ2n) is 3.79. The molecule has 2 aromatic rings. The van der Waals surface area contributed by atoms with Gasteiger partial charge in [-0.25, -0.2) is 4.98 Å². The monoisotopic (exact) mass is 281 g/mol. The van der Waals surface area contributed by atoms with Crippen molar-refractivity contribution in [1.82, 2.24) is 4.98 Å². The van der Waals surface area contributed by atoms with Crippen LogP contribution in [0.15, 0.2) is 24.3 Å². The summed E-state index contributed by atoms with van der Waals surface area (Å²) in [7, 11) is 1.59. The van der Waals surface area contributed by atoms with Crippen LogP contribution in [0, 0.1) is 0 Å². The minimum absolute atomic E-state index is 0.0137. The highest BCUT2D eigenvalue weighted by molar-refractivity contribution is 7.17. The molecule has 0 atom stereocenters. The lowest BCUT2D eigenvalue weighted by atomic mass is 10.2. The molecule has 0 bridgehead atoms. The fraction of sp³-hybridized carbons (Fsp3) is 0.231. The number of hydrogen-bond acceptors (Lipinski definition) is 4. The lowest BCUT2D eigenvalue weighted by Crippen LogP contribution is -1.97. The number of ketones is 1. The van der Waals surface area contributed by atoms with E-state index >= 15 is 0 Å². The molecule has 0 radical (unpaired) electrons. The SMILES string of the molecule is COCc1nc(-c2ccc(Cl)cc2)sc1C(C)=O. The topological polar surface area (TPSA) is 39.2 Å². The Hall–Kier alpha value is -1.23. The van der Waals surface area contributed by atoms with Gasteiger partial charge in [0.05, 0.1) is 17.2 Å². The fourth-order valence-corrected chi connectivity index (χ4v) is 2.67. The van der Waals surface area contributed by atoms with Crippen LogP contribution in [-0.4, -0.2) is 17.9 Å². The molecule has 2 rings (SSSR count). The average Bonchev–Trinajstić information content (AvgIpc) is 2.75. The first kappa shape index (κ1) is 13.2. The smallest absolute Gasteiger partial charge is 0.171 e. The Kier molecular flexibility index (Phi) is 4.11. The van der Waals surface area contributed by atoms with Crippen LogP contribution in [-0.2, 0) is 11.3 Å². The van der Waals surface area contributed by atoms with Crippen molar-refractivity contribution in [3.8, 4) is 10.6 Å². The number of carbonyl (C=O) groups excluding carboxylic acids is 1. The summed E-state index contributed by atoms with van der Waals surface area (Å²) in [5.74, 6) is 0.0137. The van der Waals surface area contributed by atoms with Gasteiger partial charge in [0.1, 0.15) is 5.01 Å². The van der Waals surface area contributed by atoms with Crippen LogP contribution in [0.3, 0.4) is 0 Å². The minimum atomic E-state index is 0.0137. The lowest BCUT2D eigenvalue weighted by molar-refractivity contribution is 0.101. The summed E-state index contributed by atoms with van der Waals surface area (Å²) in [6, 6.07) is 7.40. The zero-order valence-corrected chi connectivity index (χ0v) is 11.6. The van der Waals surface area contributed by atoms with E-state index in [1.54, 1.807) is 7.11 Å². The molecule has 18 heavy (non-hydrogen) atoms. The van der Waals surface area contributed by atoms with Crippen LogP contribution in [0.1, 0.15) is 22.3 Å². The van der Waals surface area contributed by atoms with Crippen LogP contribution in [0.5, 0.6) is 0 Å². The van der Waals surface area contributed by atoms with Crippen LogP contribution in [0.4, 0.5) is 0 Å². The Morgan fingerprint density at radius 3 is 2.61 bits per heavy atom. The van der Waals surface area contributed by atoms with Gasteiger partial charge in [-0.3, -0.25) is 4.79 Å². The number of benzene rings is 1. The maximum Gasteiger partial charge on any atom is 0.171 e. The van der Waals surface area contributed by atoms with Crippen molar-refractivity contribution in [2.24, 2.45) is 0 Å². The average molecular weight is 282 g/mol. The number of Topliss-reactive ketones (excluding diaryl/α,β-unsaturated/α-hetero) is 1. The Labute approximate surface area is 114 Å². The van der Waals surface area contributed by atoms with Crippen molar-refractivity contribution in [3.05, 3.63) is 39.9 Å². The number of methoxy groups -OCH3 is 1. The third-order valence-electron chi connectivity index (χ3n) is 2.39. The molecule has 0 saturated heterocycles. The third kappa shape index (κ3) is 2.77. The van der Waals surface area contributed by atoms with Gasteiger partial charge in [0.15, 0.2) is 5.78 Å². The molecule has 1 aromatic heterocycles. The molecular formula is C13H12ClNO2S. The van der Waals surface area contributed by atoms with Gasteiger partial charge < -0.3 is 4.74 Å². The van der Waals surface area contributed by atoms with E-state index in [4.69, 9.17) is 16.3 Å². The van der Waals surface area contributed by atoms with Crippen LogP contribution in [0.25, 0.3) is 10.6 Å². The number of halogens is 1. The van der Waals surface area contributed by atoms with Gasteiger partial charge in [-0.15, -0.1) is 11.3 Å². The highest BCUT2D eigenvalue weighted by atomic mass is 35.5. The molecule has 0 aliphatic carbocycles. The quantitative estimate of drug-likeness (QED) is 0.800. The largest absolute Gasteiger partial charge is 0.378 e. The van der Waals surface area contributed by atoms with Crippen molar-refractivity contribution < 1.29 is 9.53 Å². The first-order valence-electron chi connectivity index (χ1n) is 5.37. The molecule has 0 spiro atoms. The zero-order chi connectivity index (χ0) is 13.1. The van der Waals surface area contributed by atoms with E-state index in [-0.39, 0.29) is 5.78 Å². The van der Waals surface area contributed by atoms with Gasteiger partial charge in [-0.2, -0.15) is 0 Å². The third-order valence-corrected chi connectivity index (χ3v) is 3.89. The highest BCUT2D eigenvalue weighted by Gasteiger charge is 2.15. The summed E-state index contributed by atoms with van der Waals surface area (Å²) in [5.41, 5.74) is 1.65. The maximum atomic E-state index is 11.5. The van der Waals surface area contributed by atoms with Gasteiger partial charge in [-0.05, 0) is 12.1 Å². The molecule has 3 nitrogen and oxygen atoms in total. The molecular weight excluding hydrogens is 270 g/mol. The molecule has 0 aliphatic rings. The molecule has 0 saturated carbocycles. The normalized spacial score (nSPS) is 10.6. The predicted molar refractivity (Wildman–Crippen MR) is 73.3 cm³/mol. The lowest BCUT2D eigenvalue weighted by Gasteiger charge is -1.96. The number of carbonyl (C=O) groups is 1. The standard InChI is InChI=1S/C13H12ClNO2S/c1-8(16)12-11(7-17-2)15-13(18-12)9-3-5-10(14)6-4-9/h3-6H,7H2,1-2H3. The Bertz CT molecular complexity index is 563. The summed E-state index contributed by atoms with van der Waals surface area (Å²) in [6.45, 7) is 1.89. The van der Waals surface area contributed by atoms with Crippen molar-refractivity contribution in [1.29, 1.82) is 0 Å². The number of rotatable bonds is 4. The molecule has 5 heteroatoms. The molecule has 1 aromatic carbocycles. The Balaban J connectivity index is 2.42. The number of aromatic nitrogens is 1. The first-order chi connectivity index (χ1) is 8.61. The predicted octanol–water partition coefficient (Wildman–Crippen LogP) is 3.81. The number of hydrogen-bond donors (Lipinski definition) is 0. The summed E-state index contributed by atoms with van der Waals surface area (Å²) < 4.78 is 5.06. The Morgan fingerprint density at radius 2 is 2.06 bits per heavy atom. The Morgan fingerprint density at radius 1 is 1.39 bits per heavy atom. The van der Waals surface area contributed by atoms with Gasteiger partial charge in [0.25, 0.3) is 0 Å². The number of ether oxygens (including phenoxy) is 1. The van der Waals surface area contributed by atoms with Crippen molar-refractivity contribution in [3.63, 3.8) is 0 Å². The van der Waals surface area contributed by atoms with Crippen LogP contribution >= 0.6 is 22.9 Å². The zero-order valence-electron chi connectivity index (χ0n) is 10.1. The van der Waals surface area contributed by atoms with E-state index in [0.29, 0.717) is 22.2 Å². The summed E-state index contributed by atoms with van der Waals surface area (Å²) in [6.07, 6.45) is 0. The van der Waals surface area contributed by atoms with Crippen molar-refractivity contribution in [2.75, 3.05) is 7.11 Å². The van der Waals surface area contributed by atoms with Crippen molar-refractivity contribution >= 4 is 28.7 Å². The maximum absolute atomic E-state index is 11.5. The van der Waals surface area contributed by atoms with Gasteiger partial charge in [-0.1, -0.05) is 23.7 Å². The highest BCUT2D eigenvalue weighted by Crippen LogP contribution is 2.29. The molecule has 0 aliphatic heterocycles. The molecule has 0 amide bonds. The van der Waals surface area contributed by atoms with Gasteiger partial charge >= 0.3 is 0 Å². The second-order valence-corrected chi connectivity index (χ2v) is 5.23. The fourth-order valence-electron chi connectivity index (χ4n) is 1.58. The van der Waals surface area contributed by atoms with E-state index in [1.165, 1.54) is 18.3 Å². The molecule has 0 unspecified atom stereocenters. The molecule has 1 heterocycles. The summed E-state index contributed by atoms with van der Waals surface area (Å²) in [4.78, 5) is 16.6. The van der Waals surface area contributed by atoms with Crippen molar-refractivity contribution in [2.45, 2.75) is 13.5 Å². The van der Waals surface area contributed by atoms with E-state index < -0.39 is 0 Å². The number of thiazole rings is 1. The van der Waals surface area contributed by atoms with E-state index in [0.717, 1.165) is 10.6 Å². The summed E-state index contributed by atoms with van der Waals surface area (Å²) in [5, 5.41) is 1.49. The number of nitrogens with zero attached hydrogens (tertiary/aromatic N) is 1. The minimum Gasteiger partial charge on any atom is -0.378 e. The molecule has 94 valence electrons. The van der Waals surface area contributed by atoms with Gasteiger partial charge in [0.2, 0.25) is 0 Å².